The zero-order valence-corrected chi connectivity index (χ0v) is 11.0. The van der Waals surface area contributed by atoms with Gasteiger partial charge in [0.2, 0.25) is 0 Å². The summed E-state index contributed by atoms with van der Waals surface area (Å²) in [5.74, 6) is 0.634. The lowest BCUT2D eigenvalue weighted by Crippen LogP contribution is -2.29. The Morgan fingerprint density at radius 2 is 1.67 bits per heavy atom. The Balaban J connectivity index is 3.20. The van der Waals surface area contributed by atoms with Crippen LogP contribution in [0.3, 0.4) is 0 Å². The van der Waals surface area contributed by atoms with Crippen molar-refractivity contribution in [3.05, 3.63) is 0 Å². The monoisotopic (exact) mass is 214 g/mol. The summed E-state index contributed by atoms with van der Waals surface area (Å²) in [7, 11) is 2.21. The van der Waals surface area contributed by atoms with E-state index in [-0.39, 0.29) is 0 Å². The molecule has 0 saturated carbocycles. The van der Waals surface area contributed by atoms with Crippen LogP contribution in [0.15, 0.2) is 0 Å². The molecule has 0 aromatic rings. The van der Waals surface area contributed by atoms with Crippen molar-refractivity contribution in [3.8, 4) is 0 Å². The van der Waals surface area contributed by atoms with E-state index in [1.807, 2.05) is 0 Å². The van der Waals surface area contributed by atoms with E-state index in [1.165, 1.54) is 45.1 Å². The number of nitrogens with two attached hydrogens (primary N) is 1. The minimum atomic E-state index is 0.634. The SMILES string of the molecule is CCCCCCCCN(C)CC(C)CN. The number of rotatable bonds is 10. The number of nitrogens with zero attached hydrogens (tertiary/aromatic N) is 1. The second-order valence-electron chi connectivity index (χ2n) is 4.87. The first-order valence-corrected chi connectivity index (χ1v) is 6.59. The quantitative estimate of drug-likeness (QED) is 0.567. The third-order valence-corrected chi connectivity index (χ3v) is 2.92. The third-order valence-electron chi connectivity index (χ3n) is 2.92. The van der Waals surface area contributed by atoms with Crippen molar-refractivity contribution in [2.24, 2.45) is 11.7 Å². The van der Waals surface area contributed by atoms with Crippen LogP contribution in [0.2, 0.25) is 0 Å². The number of hydrogen-bond acceptors (Lipinski definition) is 2. The Hall–Kier alpha value is -0.0800. The molecule has 0 amide bonds. The van der Waals surface area contributed by atoms with Gasteiger partial charge in [-0.15, -0.1) is 0 Å². The molecule has 0 aromatic heterocycles. The van der Waals surface area contributed by atoms with E-state index in [0.717, 1.165) is 13.1 Å². The van der Waals surface area contributed by atoms with Gasteiger partial charge in [0, 0.05) is 6.54 Å². The standard InChI is InChI=1S/C13H30N2/c1-4-5-6-7-8-9-10-15(3)12-13(2)11-14/h13H,4-12,14H2,1-3H3. The molecule has 1 unspecified atom stereocenters. The average molecular weight is 214 g/mol. The van der Waals surface area contributed by atoms with Gasteiger partial charge in [0.15, 0.2) is 0 Å². The molecule has 0 rings (SSSR count). The summed E-state index contributed by atoms with van der Waals surface area (Å²) < 4.78 is 0. The summed E-state index contributed by atoms with van der Waals surface area (Å²) in [6.45, 7) is 7.67. The van der Waals surface area contributed by atoms with Crippen LogP contribution < -0.4 is 5.73 Å². The maximum atomic E-state index is 5.60. The molecule has 0 heterocycles. The maximum Gasteiger partial charge on any atom is 0.00160 e. The minimum Gasteiger partial charge on any atom is -0.330 e. The van der Waals surface area contributed by atoms with E-state index >= 15 is 0 Å². The molecule has 2 nitrogen and oxygen atoms in total. The largest absolute Gasteiger partial charge is 0.330 e. The summed E-state index contributed by atoms with van der Waals surface area (Å²) in [5.41, 5.74) is 5.60. The highest BCUT2D eigenvalue weighted by Crippen LogP contribution is 2.06. The lowest BCUT2D eigenvalue weighted by molar-refractivity contribution is 0.282. The van der Waals surface area contributed by atoms with Gasteiger partial charge in [-0.25, -0.2) is 0 Å². The molecule has 0 aliphatic rings. The van der Waals surface area contributed by atoms with Gasteiger partial charge in [0.05, 0.1) is 0 Å². The molecule has 0 aliphatic carbocycles. The Morgan fingerprint density at radius 3 is 2.27 bits per heavy atom. The predicted molar refractivity (Wildman–Crippen MR) is 69.1 cm³/mol. The van der Waals surface area contributed by atoms with Gasteiger partial charge in [0.1, 0.15) is 0 Å². The van der Waals surface area contributed by atoms with Crippen LogP contribution in [-0.2, 0) is 0 Å². The fourth-order valence-electron chi connectivity index (χ4n) is 1.86. The minimum absolute atomic E-state index is 0.634. The zero-order valence-electron chi connectivity index (χ0n) is 11.0. The van der Waals surface area contributed by atoms with Gasteiger partial charge in [-0.1, -0.05) is 46.0 Å². The number of hydrogen-bond donors (Lipinski definition) is 1. The van der Waals surface area contributed by atoms with Crippen LogP contribution in [0.25, 0.3) is 0 Å². The smallest absolute Gasteiger partial charge is 0.00160 e. The molecule has 0 radical (unpaired) electrons. The first-order valence-electron chi connectivity index (χ1n) is 6.59. The first-order chi connectivity index (χ1) is 7.20. The fraction of sp³-hybridized carbons (Fsp3) is 1.00. The lowest BCUT2D eigenvalue weighted by Gasteiger charge is -2.20. The summed E-state index contributed by atoms with van der Waals surface area (Å²) in [6, 6.07) is 0. The van der Waals surface area contributed by atoms with Crippen LogP contribution in [0.5, 0.6) is 0 Å². The van der Waals surface area contributed by atoms with Crippen molar-refractivity contribution in [1.82, 2.24) is 4.90 Å². The van der Waals surface area contributed by atoms with E-state index in [9.17, 15) is 0 Å². The van der Waals surface area contributed by atoms with Crippen molar-refractivity contribution in [3.63, 3.8) is 0 Å². The highest BCUT2D eigenvalue weighted by molar-refractivity contribution is 4.59. The van der Waals surface area contributed by atoms with Gasteiger partial charge >= 0.3 is 0 Å². The summed E-state index contributed by atoms with van der Waals surface area (Å²) in [6.07, 6.45) is 8.31. The maximum absolute atomic E-state index is 5.60. The van der Waals surface area contributed by atoms with Crippen molar-refractivity contribution in [2.45, 2.75) is 52.4 Å². The van der Waals surface area contributed by atoms with Crippen molar-refractivity contribution in [1.29, 1.82) is 0 Å². The van der Waals surface area contributed by atoms with E-state index < -0.39 is 0 Å². The van der Waals surface area contributed by atoms with E-state index in [0.29, 0.717) is 5.92 Å². The molecule has 0 saturated heterocycles. The third kappa shape index (κ3) is 10.2. The molecule has 0 fully saturated rings. The topological polar surface area (TPSA) is 29.3 Å². The van der Waals surface area contributed by atoms with Gasteiger partial charge in [-0.2, -0.15) is 0 Å². The van der Waals surface area contributed by atoms with Crippen LogP contribution in [0.1, 0.15) is 52.4 Å². The zero-order chi connectivity index (χ0) is 11.5. The molecule has 0 spiro atoms. The molecular formula is C13H30N2. The number of unbranched alkanes of at least 4 members (excludes halogenated alkanes) is 5. The van der Waals surface area contributed by atoms with E-state index in [2.05, 4.69) is 25.8 Å². The van der Waals surface area contributed by atoms with Crippen LogP contribution in [0, 0.1) is 5.92 Å². The molecule has 0 bridgehead atoms. The second kappa shape index (κ2) is 10.4. The molecular weight excluding hydrogens is 184 g/mol. The summed E-state index contributed by atoms with van der Waals surface area (Å²) in [4.78, 5) is 2.41. The van der Waals surface area contributed by atoms with Crippen molar-refractivity contribution >= 4 is 0 Å². The van der Waals surface area contributed by atoms with Crippen LogP contribution in [-0.4, -0.2) is 31.6 Å². The predicted octanol–water partition coefficient (Wildman–Crippen LogP) is 2.87. The summed E-state index contributed by atoms with van der Waals surface area (Å²) >= 11 is 0. The van der Waals surface area contributed by atoms with Crippen LogP contribution >= 0.6 is 0 Å². The highest BCUT2D eigenvalue weighted by atomic mass is 15.1. The molecule has 92 valence electrons. The van der Waals surface area contributed by atoms with Crippen molar-refractivity contribution < 1.29 is 0 Å². The van der Waals surface area contributed by atoms with E-state index in [1.54, 1.807) is 0 Å². The Kier molecular flexibility index (Phi) is 10.4. The molecule has 0 aliphatic heterocycles. The molecule has 2 N–H and O–H groups in total. The van der Waals surface area contributed by atoms with Crippen molar-refractivity contribution in [2.75, 3.05) is 26.7 Å². The van der Waals surface area contributed by atoms with Gasteiger partial charge in [-0.3, -0.25) is 0 Å². The highest BCUT2D eigenvalue weighted by Gasteiger charge is 2.03. The van der Waals surface area contributed by atoms with Crippen LogP contribution in [0.4, 0.5) is 0 Å². The van der Waals surface area contributed by atoms with Gasteiger partial charge in [0.25, 0.3) is 0 Å². The molecule has 2 heteroatoms. The summed E-state index contributed by atoms with van der Waals surface area (Å²) in [5, 5.41) is 0. The Morgan fingerprint density at radius 1 is 1.07 bits per heavy atom. The fourth-order valence-corrected chi connectivity index (χ4v) is 1.86. The first kappa shape index (κ1) is 14.9. The normalized spacial score (nSPS) is 13.4. The lowest BCUT2D eigenvalue weighted by atomic mass is 10.1. The molecule has 1 atom stereocenters. The second-order valence-corrected chi connectivity index (χ2v) is 4.87. The molecule has 15 heavy (non-hydrogen) atoms. The Bertz CT molecular complexity index is 126. The Labute approximate surface area is 96.2 Å². The van der Waals surface area contributed by atoms with E-state index in [4.69, 9.17) is 5.73 Å². The average Bonchev–Trinajstić information content (AvgIpc) is 2.23. The van der Waals surface area contributed by atoms with Gasteiger partial charge < -0.3 is 10.6 Å². The van der Waals surface area contributed by atoms with Gasteiger partial charge in [-0.05, 0) is 32.5 Å². The molecule has 0 aromatic carbocycles.